The molecule has 1 aliphatic rings. The van der Waals surface area contributed by atoms with Crippen LogP contribution in [-0.4, -0.2) is 42.2 Å². The van der Waals surface area contributed by atoms with Crippen molar-refractivity contribution in [3.05, 3.63) is 10.6 Å². The first-order chi connectivity index (χ1) is 10.1. The topological polar surface area (TPSA) is 37.4 Å². The van der Waals surface area contributed by atoms with Gasteiger partial charge in [-0.15, -0.1) is 11.3 Å². The fourth-order valence-corrected chi connectivity index (χ4v) is 4.62. The van der Waals surface area contributed by atoms with E-state index in [4.69, 9.17) is 9.72 Å². The van der Waals surface area contributed by atoms with E-state index in [9.17, 15) is 0 Å². The van der Waals surface area contributed by atoms with Crippen molar-refractivity contribution in [3.8, 4) is 0 Å². The van der Waals surface area contributed by atoms with Crippen LogP contribution in [0.1, 0.15) is 37.8 Å². The summed E-state index contributed by atoms with van der Waals surface area (Å²) >= 11 is 3.88. The summed E-state index contributed by atoms with van der Waals surface area (Å²) in [6.07, 6.45) is 1.16. The van der Waals surface area contributed by atoms with Crippen LogP contribution >= 0.6 is 23.1 Å². The Morgan fingerprint density at radius 3 is 2.90 bits per heavy atom. The molecule has 1 aliphatic heterocycles. The molecule has 0 unspecified atom stereocenters. The Morgan fingerprint density at radius 1 is 1.43 bits per heavy atom. The third-order valence-electron chi connectivity index (χ3n) is 3.46. The summed E-state index contributed by atoms with van der Waals surface area (Å²) in [7, 11) is 1.74. The minimum atomic E-state index is 0.311. The molecule has 0 amide bonds. The van der Waals surface area contributed by atoms with E-state index in [0.29, 0.717) is 11.4 Å². The molecule has 2 rings (SSSR count). The molecule has 1 aromatic heterocycles. The Morgan fingerprint density at radius 2 is 2.24 bits per heavy atom. The molecule has 0 aliphatic carbocycles. The van der Waals surface area contributed by atoms with Gasteiger partial charge in [0.25, 0.3) is 0 Å². The van der Waals surface area contributed by atoms with E-state index >= 15 is 0 Å². The molecule has 1 fully saturated rings. The Labute approximate surface area is 136 Å². The molecule has 0 radical (unpaired) electrons. The zero-order valence-electron chi connectivity index (χ0n) is 13.6. The number of aromatic nitrogens is 1. The first-order valence-electron chi connectivity index (χ1n) is 7.63. The molecule has 1 saturated heterocycles. The highest BCUT2D eigenvalue weighted by Crippen LogP contribution is 2.35. The summed E-state index contributed by atoms with van der Waals surface area (Å²) in [5, 5.41) is 4.63. The lowest BCUT2D eigenvalue weighted by molar-refractivity contribution is 0.181. The van der Waals surface area contributed by atoms with E-state index in [2.05, 4.69) is 42.7 Å². The monoisotopic (exact) mass is 329 g/mol. The number of nitrogens with zero attached hydrogens (tertiary/aromatic N) is 2. The van der Waals surface area contributed by atoms with Gasteiger partial charge in [0, 0.05) is 42.1 Å². The van der Waals surface area contributed by atoms with Crippen LogP contribution in [0.2, 0.25) is 0 Å². The van der Waals surface area contributed by atoms with Crippen molar-refractivity contribution in [3.63, 3.8) is 0 Å². The first-order valence-corrected chi connectivity index (χ1v) is 9.43. The van der Waals surface area contributed by atoms with Crippen molar-refractivity contribution in [2.45, 2.75) is 45.1 Å². The number of ether oxygens (including phenoxy) is 1. The van der Waals surface area contributed by atoms with Crippen molar-refractivity contribution >= 4 is 28.2 Å². The van der Waals surface area contributed by atoms with E-state index in [1.54, 1.807) is 7.11 Å². The van der Waals surface area contributed by atoms with E-state index in [0.717, 1.165) is 43.4 Å². The van der Waals surface area contributed by atoms with Gasteiger partial charge < -0.3 is 15.0 Å². The fourth-order valence-electron chi connectivity index (χ4n) is 2.45. The molecule has 4 nitrogen and oxygen atoms in total. The second-order valence-electron chi connectivity index (χ2n) is 6.01. The van der Waals surface area contributed by atoms with Gasteiger partial charge in [0.05, 0.1) is 12.3 Å². The van der Waals surface area contributed by atoms with Crippen LogP contribution in [0.3, 0.4) is 0 Å². The highest BCUT2D eigenvalue weighted by Gasteiger charge is 2.29. The smallest absolute Gasteiger partial charge is 0.185 e. The van der Waals surface area contributed by atoms with Gasteiger partial charge >= 0.3 is 0 Å². The second kappa shape index (κ2) is 7.81. The number of nitrogens with one attached hydrogen (secondary N) is 1. The number of hydrogen-bond acceptors (Lipinski definition) is 6. The number of anilines is 1. The van der Waals surface area contributed by atoms with E-state index in [-0.39, 0.29) is 0 Å². The molecule has 2 heterocycles. The van der Waals surface area contributed by atoms with Crippen LogP contribution in [0.4, 0.5) is 5.13 Å². The summed E-state index contributed by atoms with van der Waals surface area (Å²) in [6, 6.07) is 0. The molecular formula is C15H27N3OS2. The molecule has 0 atom stereocenters. The minimum Gasteiger partial charge on any atom is -0.378 e. The van der Waals surface area contributed by atoms with Crippen molar-refractivity contribution in [1.82, 2.24) is 10.3 Å². The summed E-state index contributed by atoms with van der Waals surface area (Å²) < 4.78 is 5.62. The number of hydrogen-bond donors (Lipinski definition) is 1. The Bertz CT molecular complexity index is 448. The van der Waals surface area contributed by atoms with E-state index in [1.807, 2.05) is 11.3 Å². The van der Waals surface area contributed by atoms with Crippen LogP contribution in [0, 0.1) is 0 Å². The van der Waals surface area contributed by atoms with Gasteiger partial charge in [-0.25, -0.2) is 4.98 Å². The molecule has 1 N–H and O–H groups in total. The average molecular weight is 330 g/mol. The first kappa shape index (κ1) is 17.1. The van der Waals surface area contributed by atoms with Gasteiger partial charge in [-0.1, -0.05) is 6.92 Å². The molecule has 0 saturated carbocycles. The normalized spacial score (nSPS) is 18.2. The predicted molar refractivity (Wildman–Crippen MR) is 93.6 cm³/mol. The molecule has 0 spiro atoms. The predicted octanol–water partition coefficient (Wildman–Crippen LogP) is 3.12. The van der Waals surface area contributed by atoms with Gasteiger partial charge in [0.15, 0.2) is 5.13 Å². The van der Waals surface area contributed by atoms with Crippen LogP contribution in [0.5, 0.6) is 0 Å². The van der Waals surface area contributed by atoms with E-state index < -0.39 is 0 Å². The molecule has 0 bridgehead atoms. The highest BCUT2D eigenvalue weighted by molar-refractivity contribution is 8.00. The molecule has 21 heavy (non-hydrogen) atoms. The Hall–Kier alpha value is -0.300. The lowest BCUT2D eigenvalue weighted by Gasteiger charge is -2.37. The van der Waals surface area contributed by atoms with Crippen molar-refractivity contribution in [2.75, 3.05) is 37.4 Å². The van der Waals surface area contributed by atoms with Crippen molar-refractivity contribution < 1.29 is 4.74 Å². The maximum Gasteiger partial charge on any atom is 0.185 e. The zero-order valence-corrected chi connectivity index (χ0v) is 15.2. The number of thioether (sulfide) groups is 1. The van der Waals surface area contributed by atoms with Gasteiger partial charge in [-0.2, -0.15) is 11.8 Å². The van der Waals surface area contributed by atoms with Gasteiger partial charge in [0.1, 0.15) is 0 Å². The minimum absolute atomic E-state index is 0.311. The van der Waals surface area contributed by atoms with Crippen LogP contribution in [0.25, 0.3) is 0 Å². The van der Waals surface area contributed by atoms with Gasteiger partial charge in [-0.3, -0.25) is 0 Å². The Balaban J connectivity index is 2.10. The van der Waals surface area contributed by atoms with Gasteiger partial charge in [-0.05, 0) is 26.8 Å². The third-order valence-corrected chi connectivity index (χ3v) is 5.91. The van der Waals surface area contributed by atoms with Crippen LogP contribution in [0.15, 0.2) is 0 Å². The fraction of sp³-hybridized carbons (Fsp3) is 0.800. The lowest BCUT2D eigenvalue weighted by Crippen LogP contribution is -2.43. The zero-order chi connectivity index (χ0) is 15.3. The largest absolute Gasteiger partial charge is 0.378 e. The van der Waals surface area contributed by atoms with Crippen molar-refractivity contribution in [2.24, 2.45) is 0 Å². The average Bonchev–Trinajstić information content (AvgIpc) is 2.82. The molecule has 6 heteroatoms. The number of thiazole rings is 1. The standard InChI is InChI=1S/C15H27N3OS2/c1-5-6-16-9-13-12(10-19-4)17-14(21-13)18-7-8-20-15(2,3)11-18/h16H,5-11H2,1-4H3. The summed E-state index contributed by atoms with van der Waals surface area (Å²) in [6.45, 7) is 11.5. The SMILES string of the molecule is CCCNCc1sc(N2CCSC(C)(C)C2)nc1COC. The van der Waals surface area contributed by atoms with Crippen LogP contribution < -0.4 is 10.2 Å². The summed E-state index contributed by atoms with van der Waals surface area (Å²) in [5.41, 5.74) is 1.09. The van der Waals surface area contributed by atoms with Crippen molar-refractivity contribution in [1.29, 1.82) is 0 Å². The molecule has 120 valence electrons. The Kier molecular flexibility index (Phi) is 6.34. The number of methoxy groups -OCH3 is 1. The second-order valence-corrected chi connectivity index (χ2v) is 8.87. The lowest BCUT2D eigenvalue weighted by atomic mass is 10.2. The quantitative estimate of drug-likeness (QED) is 0.778. The molecular weight excluding hydrogens is 302 g/mol. The number of rotatable bonds is 7. The molecule has 0 aromatic carbocycles. The van der Waals surface area contributed by atoms with Gasteiger partial charge in [0.2, 0.25) is 0 Å². The maximum absolute atomic E-state index is 5.31. The van der Waals surface area contributed by atoms with Crippen LogP contribution in [-0.2, 0) is 17.9 Å². The maximum atomic E-state index is 5.31. The van der Waals surface area contributed by atoms with E-state index in [1.165, 1.54) is 10.6 Å². The molecule has 1 aromatic rings. The highest BCUT2D eigenvalue weighted by atomic mass is 32.2. The third kappa shape index (κ3) is 4.84. The summed E-state index contributed by atoms with van der Waals surface area (Å²) in [4.78, 5) is 8.59. The summed E-state index contributed by atoms with van der Waals surface area (Å²) in [5.74, 6) is 1.18.